The second kappa shape index (κ2) is 14.9. The van der Waals surface area contributed by atoms with E-state index in [0.29, 0.717) is 11.8 Å². The van der Waals surface area contributed by atoms with Gasteiger partial charge in [-0.2, -0.15) is 0 Å². The summed E-state index contributed by atoms with van der Waals surface area (Å²) < 4.78 is 11.6. The smallest absolute Gasteiger partial charge is 0.170 e. The zero-order chi connectivity index (χ0) is 14.3. The molecular weight excluding hydrogens is 285 g/mol. The van der Waals surface area contributed by atoms with Gasteiger partial charge in [0.1, 0.15) is 0 Å². The lowest BCUT2D eigenvalue weighted by Crippen LogP contribution is -2.38. The predicted molar refractivity (Wildman–Crippen MR) is 83.4 cm³/mol. The van der Waals surface area contributed by atoms with E-state index < -0.39 is 0 Å². The van der Waals surface area contributed by atoms with Gasteiger partial charge < -0.3 is 9.47 Å². The second-order valence-electron chi connectivity index (χ2n) is 4.56. The van der Waals surface area contributed by atoms with E-state index in [4.69, 9.17) is 32.7 Å². The molecule has 0 atom stereocenters. The lowest BCUT2D eigenvalue weighted by Gasteiger charge is -2.26. The number of hydrogen-bond acceptors (Lipinski definition) is 3. The quantitative estimate of drug-likeness (QED) is 0.277. The van der Waals surface area contributed by atoms with Crippen LogP contribution < -0.4 is 0 Å². The highest BCUT2D eigenvalue weighted by atomic mass is 35.5. The molecule has 0 heterocycles. The highest BCUT2D eigenvalue weighted by Gasteiger charge is 2.14. The average Bonchev–Trinajstić information content (AvgIpc) is 2.39. The molecule has 0 aliphatic carbocycles. The largest absolute Gasteiger partial charge is 0.351 e. The Kier molecular flexibility index (Phi) is 15.2. The Bertz CT molecular complexity index is 169. The van der Waals surface area contributed by atoms with Gasteiger partial charge >= 0.3 is 0 Å². The first-order valence-electron chi connectivity index (χ1n) is 7.35. The normalized spacial score (nSPS) is 11.7. The van der Waals surface area contributed by atoms with E-state index in [0.717, 1.165) is 58.5 Å². The van der Waals surface area contributed by atoms with Crippen LogP contribution in [0.3, 0.4) is 0 Å². The summed E-state index contributed by atoms with van der Waals surface area (Å²) in [6.45, 7) is 8.20. The topological polar surface area (TPSA) is 21.7 Å². The molecule has 0 rings (SSSR count). The van der Waals surface area contributed by atoms with Crippen molar-refractivity contribution >= 4 is 23.2 Å². The van der Waals surface area contributed by atoms with Crippen molar-refractivity contribution < 1.29 is 9.47 Å². The number of unbranched alkanes of at least 4 members (excludes halogenated alkanes) is 2. The third-order valence-electron chi connectivity index (χ3n) is 2.81. The zero-order valence-electron chi connectivity index (χ0n) is 12.4. The fourth-order valence-electron chi connectivity index (χ4n) is 1.62. The number of rotatable bonds is 14. The van der Waals surface area contributed by atoms with Crippen LogP contribution in [0.15, 0.2) is 0 Å². The van der Waals surface area contributed by atoms with Crippen molar-refractivity contribution in [3.05, 3.63) is 0 Å². The molecule has 0 fully saturated rings. The van der Waals surface area contributed by atoms with Gasteiger partial charge in [0.15, 0.2) is 6.29 Å². The van der Waals surface area contributed by atoms with Crippen LogP contribution in [0.5, 0.6) is 0 Å². The molecule has 0 aliphatic rings. The van der Waals surface area contributed by atoms with Crippen molar-refractivity contribution in [1.29, 1.82) is 0 Å². The maximum Gasteiger partial charge on any atom is 0.170 e. The molecule has 0 N–H and O–H groups in total. The van der Waals surface area contributed by atoms with E-state index in [1.54, 1.807) is 0 Å². The summed E-state index contributed by atoms with van der Waals surface area (Å²) in [5, 5.41) is 0. The summed E-state index contributed by atoms with van der Waals surface area (Å²) in [5.74, 6) is 1.21. The molecule has 0 radical (unpaired) electrons. The van der Waals surface area contributed by atoms with Crippen molar-refractivity contribution in [2.45, 2.75) is 45.8 Å². The van der Waals surface area contributed by atoms with Crippen LogP contribution in [-0.2, 0) is 9.47 Å². The molecule has 0 saturated carbocycles. The fraction of sp³-hybridized carbons (Fsp3) is 1.00. The standard InChI is InChI=1S/C14H29Cl2NO2/c1-3-5-11-18-14(19-12-6-4-2)13-17(9-7-15)10-8-16/h14H,3-13H2,1-2H3. The molecule has 0 unspecified atom stereocenters. The van der Waals surface area contributed by atoms with E-state index in [-0.39, 0.29) is 6.29 Å². The summed E-state index contributed by atoms with van der Waals surface area (Å²) in [7, 11) is 0. The van der Waals surface area contributed by atoms with Gasteiger partial charge in [0.05, 0.1) is 0 Å². The Balaban J connectivity index is 4.09. The first-order chi connectivity index (χ1) is 9.28. The van der Waals surface area contributed by atoms with Gasteiger partial charge in [0, 0.05) is 44.6 Å². The van der Waals surface area contributed by atoms with Crippen LogP contribution in [0.2, 0.25) is 0 Å². The number of nitrogens with zero attached hydrogens (tertiary/aromatic N) is 1. The zero-order valence-corrected chi connectivity index (χ0v) is 13.9. The highest BCUT2D eigenvalue weighted by molar-refractivity contribution is 6.18. The monoisotopic (exact) mass is 313 g/mol. The van der Waals surface area contributed by atoms with Crippen molar-refractivity contribution in [3.8, 4) is 0 Å². The predicted octanol–water partition coefficient (Wildman–Crippen LogP) is 3.73. The van der Waals surface area contributed by atoms with Gasteiger partial charge in [-0.3, -0.25) is 4.90 Å². The van der Waals surface area contributed by atoms with E-state index in [2.05, 4.69) is 18.7 Å². The molecule has 0 aromatic carbocycles. The van der Waals surface area contributed by atoms with Crippen molar-refractivity contribution in [2.24, 2.45) is 0 Å². The van der Waals surface area contributed by atoms with Gasteiger partial charge in [-0.15, -0.1) is 23.2 Å². The molecule has 0 amide bonds. The Morgan fingerprint density at radius 2 is 1.37 bits per heavy atom. The third kappa shape index (κ3) is 11.9. The Hall–Kier alpha value is 0.460. The van der Waals surface area contributed by atoms with Gasteiger partial charge in [-0.25, -0.2) is 0 Å². The van der Waals surface area contributed by atoms with Crippen LogP contribution in [-0.4, -0.2) is 55.8 Å². The molecule has 0 bridgehead atoms. The number of alkyl halides is 2. The lowest BCUT2D eigenvalue weighted by molar-refractivity contribution is -0.153. The summed E-state index contributed by atoms with van der Waals surface area (Å²) in [6.07, 6.45) is 4.24. The molecule has 0 aromatic heterocycles. The van der Waals surface area contributed by atoms with Gasteiger partial charge in [-0.05, 0) is 12.8 Å². The Morgan fingerprint density at radius 3 is 1.74 bits per heavy atom. The molecule has 0 aromatic rings. The van der Waals surface area contributed by atoms with Gasteiger partial charge in [0.25, 0.3) is 0 Å². The maximum absolute atomic E-state index is 5.80. The van der Waals surface area contributed by atoms with Crippen LogP contribution in [0.4, 0.5) is 0 Å². The Labute approximate surface area is 128 Å². The minimum Gasteiger partial charge on any atom is -0.351 e. The van der Waals surface area contributed by atoms with Gasteiger partial charge in [-0.1, -0.05) is 26.7 Å². The van der Waals surface area contributed by atoms with Crippen molar-refractivity contribution in [3.63, 3.8) is 0 Å². The molecule has 116 valence electrons. The van der Waals surface area contributed by atoms with E-state index in [9.17, 15) is 0 Å². The van der Waals surface area contributed by atoms with Crippen LogP contribution >= 0.6 is 23.2 Å². The number of ether oxygens (including phenoxy) is 2. The summed E-state index contributed by atoms with van der Waals surface area (Å²) in [5.41, 5.74) is 0. The van der Waals surface area contributed by atoms with E-state index in [1.807, 2.05) is 0 Å². The van der Waals surface area contributed by atoms with E-state index in [1.165, 1.54) is 0 Å². The SMILES string of the molecule is CCCCOC(CN(CCCl)CCCl)OCCCC. The third-order valence-corrected chi connectivity index (χ3v) is 3.15. The van der Waals surface area contributed by atoms with Crippen molar-refractivity contribution in [1.82, 2.24) is 4.90 Å². The molecule has 19 heavy (non-hydrogen) atoms. The molecule has 5 heteroatoms. The first-order valence-corrected chi connectivity index (χ1v) is 8.42. The number of hydrogen-bond donors (Lipinski definition) is 0. The minimum atomic E-state index is -0.162. The minimum absolute atomic E-state index is 0.162. The lowest BCUT2D eigenvalue weighted by atomic mass is 10.3. The highest BCUT2D eigenvalue weighted by Crippen LogP contribution is 2.04. The number of halogens is 2. The molecule has 0 saturated heterocycles. The molecule has 0 spiro atoms. The summed E-state index contributed by atoms with van der Waals surface area (Å²) in [6, 6.07) is 0. The average molecular weight is 314 g/mol. The fourth-order valence-corrected chi connectivity index (χ4v) is 2.09. The molecule has 0 aliphatic heterocycles. The van der Waals surface area contributed by atoms with Gasteiger partial charge in [0.2, 0.25) is 0 Å². The summed E-state index contributed by atoms with van der Waals surface area (Å²) >= 11 is 11.6. The maximum atomic E-state index is 5.80. The summed E-state index contributed by atoms with van der Waals surface area (Å²) in [4.78, 5) is 2.20. The molecular formula is C14H29Cl2NO2. The van der Waals surface area contributed by atoms with Crippen LogP contribution in [0, 0.1) is 0 Å². The van der Waals surface area contributed by atoms with Crippen molar-refractivity contribution in [2.75, 3.05) is 44.6 Å². The van der Waals surface area contributed by atoms with E-state index >= 15 is 0 Å². The Morgan fingerprint density at radius 1 is 0.895 bits per heavy atom. The molecule has 3 nitrogen and oxygen atoms in total. The first kappa shape index (κ1) is 19.5. The van der Waals surface area contributed by atoms with Crippen LogP contribution in [0.1, 0.15) is 39.5 Å². The van der Waals surface area contributed by atoms with Crippen LogP contribution in [0.25, 0.3) is 0 Å². The second-order valence-corrected chi connectivity index (χ2v) is 5.31.